The molecular formula is C16H23NO. The van der Waals surface area contributed by atoms with Crippen LogP contribution in [0.3, 0.4) is 0 Å². The molecule has 0 bridgehead atoms. The van der Waals surface area contributed by atoms with Crippen molar-refractivity contribution in [2.45, 2.75) is 52.5 Å². The molecule has 1 aromatic rings. The van der Waals surface area contributed by atoms with Crippen LogP contribution in [0.15, 0.2) is 30.3 Å². The van der Waals surface area contributed by atoms with Gasteiger partial charge in [0.25, 0.3) is 0 Å². The summed E-state index contributed by atoms with van der Waals surface area (Å²) in [4.78, 5) is 0. The van der Waals surface area contributed by atoms with Crippen molar-refractivity contribution in [3.8, 4) is 0 Å². The predicted molar refractivity (Wildman–Crippen MR) is 76.0 cm³/mol. The van der Waals surface area contributed by atoms with Gasteiger partial charge in [0.1, 0.15) is 0 Å². The van der Waals surface area contributed by atoms with Crippen LogP contribution in [0.1, 0.15) is 52.5 Å². The molecule has 1 unspecified atom stereocenters. The second-order valence-electron chi connectivity index (χ2n) is 6.81. The lowest BCUT2D eigenvalue weighted by Crippen LogP contribution is -2.36. The topological polar surface area (TPSA) is 26.1 Å². The highest BCUT2D eigenvalue weighted by molar-refractivity contribution is 5.87. The third kappa shape index (κ3) is 2.05. The maximum Gasteiger partial charge on any atom is 0.174 e. The molecular weight excluding hydrogens is 222 g/mol. The minimum atomic E-state index is -0.357. The lowest BCUT2D eigenvalue weighted by molar-refractivity contribution is -0.537. The van der Waals surface area contributed by atoms with E-state index in [1.54, 1.807) is 0 Å². The Hall–Kier alpha value is -1.31. The number of hydrogen-bond donors (Lipinski definition) is 0. The van der Waals surface area contributed by atoms with Gasteiger partial charge in [-0.15, -0.1) is 0 Å². The molecule has 2 heteroatoms. The summed E-state index contributed by atoms with van der Waals surface area (Å²) >= 11 is 0. The van der Waals surface area contributed by atoms with Gasteiger partial charge in [-0.25, -0.2) is 4.74 Å². The molecule has 0 amide bonds. The maximum absolute atomic E-state index is 12.5. The fourth-order valence-corrected chi connectivity index (χ4v) is 2.84. The van der Waals surface area contributed by atoms with Crippen molar-refractivity contribution in [3.63, 3.8) is 0 Å². The highest BCUT2D eigenvalue weighted by Gasteiger charge is 2.49. The molecule has 1 aromatic carbocycles. The van der Waals surface area contributed by atoms with Gasteiger partial charge in [-0.2, -0.15) is 0 Å². The van der Waals surface area contributed by atoms with Crippen molar-refractivity contribution < 1.29 is 4.74 Å². The van der Waals surface area contributed by atoms with Crippen LogP contribution in [-0.4, -0.2) is 16.0 Å². The van der Waals surface area contributed by atoms with Gasteiger partial charge >= 0.3 is 0 Å². The molecule has 0 aliphatic carbocycles. The molecule has 0 saturated heterocycles. The van der Waals surface area contributed by atoms with Crippen LogP contribution in [0, 0.1) is 10.6 Å². The molecule has 2 nitrogen and oxygen atoms in total. The summed E-state index contributed by atoms with van der Waals surface area (Å²) in [6.07, 6.45) is 0.865. The first-order valence-corrected chi connectivity index (χ1v) is 6.63. The van der Waals surface area contributed by atoms with Crippen LogP contribution in [0.25, 0.3) is 0 Å². The highest BCUT2D eigenvalue weighted by Crippen LogP contribution is 2.42. The quantitative estimate of drug-likeness (QED) is 0.543. The van der Waals surface area contributed by atoms with Crippen LogP contribution in [0.4, 0.5) is 0 Å². The average Bonchev–Trinajstić information content (AvgIpc) is 2.51. The molecule has 0 fully saturated rings. The molecule has 1 aliphatic heterocycles. The maximum atomic E-state index is 12.5. The highest BCUT2D eigenvalue weighted by atomic mass is 16.5. The summed E-state index contributed by atoms with van der Waals surface area (Å²) in [5.74, 6) is 0.283. The third-order valence-corrected chi connectivity index (χ3v) is 4.09. The fraction of sp³-hybridized carbons (Fsp3) is 0.562. The Balaban J connectivity index is 2.41. The van der Waals surface area contributed by atoms with Crippen LogP contribution in [-0.2, 0) is 0 Å². The number of hydroxylamine groups is 1. The normalized spacial score (nSPS) is 23.5. The van der Waals surface area contributed by atoms with Crippen molar-refractivity contribution in [1.82, 2.24) is 0 Å². The number of benzene rings is 1. The molecule has 0 aromatic heterocycles. The van der Waals surface area contributed by atoms with E-state index >= 15 is 0 Å². The molecule has 0 saturated carbocycles. The predicted octanol–water partition coefficient (Wildman–Crippen LogP) is 3.95. The lowest BCUT2D eigenvalue weighted by Gasteiger charge is -2.26. The standard InChI is InChI=1S/C16H23NO/c1-15(2,3)14-11-13(16(4,5)17(14)18)12-9-7-6-8-10-12/h6-10,13H,11H2,1-5H3. The zero-order valence-electron chi connectivity index (χ0n) is 12.0. The van der Waals surface area contributed by atoms with Crippen molar-refractivity contribution in [1.29, 1.82) is 0 Å². The number of nitrogens with zero attached hydrogens (tertiary/aromatic N) is 1. The molecule has 1 aliphatic rings. The van der Waals surface area contributed by atoms with Gasteiger partial charge in [-0.1, -0.05) is 51.1 Å². The van der Waals surface area contributed by atoms with Crippen LogP contribution in [0.5, 0.6) is 0 Å². The minimum absolute atomic E-state index is 0.0530. The average molecular weight is 245 g/mol. The Morgan fingerprint density at radius 3 is 2.17 bits per heavy atom. The zero-order valence-corrected chi connectivity index (χ0v) is 12.0. The first-order valence-electron chi connectivity index (χ1n) is 6.63. The molecule has 0 spiro atoms. The summed E-state index contributed by atoms with van der Waals surface area (Å²) < 4.78 is 1.25. The van der Waals surface area contributed by atoms with Gasteiger partial charge in [0, 0.05) is 25.7 Å². The van der Waals surface area contributed by atoms with E-state index in [0.29, 0.717) is 0 Å². The molecule has 1 atom stereocenters. The summed E-state index contributed by atoms with van der Waals surface area (Å²) in [5, 5.41) is 12.5. The van der Waals surface area contributed by atoms with E-state index in [1.165, 1.54) is 10.3 Å². The zero-order chi connectivity index (χ0) is 13.6. The van der Waals surface area contributed by atoms with Gasteiger partial charge in [0.15, 0.2) is 11.3 Å². The van der Waals surface area contributed by atoms with Crippen LogP contribution in [0.2, 0.25) is 0 Å². The summed E-state index contributed by atoms with van der Waals surface area (Å²) in [6, 6.07) is 10.4. The first kappa shape index (κ1) is 13.1. The molecule has 18 heavy (non-hydrogen) atoms. The monoisotopic (exact) mass is 245 g/mol. The van der Waals surface area contributed by atoms with Gasteiger partial charge in [0.05, 0.1) is 5.92 Å². The molecule has 0 N–H and O–H groups in total. The lowest BCUT2D eigenvalue weighted by atomic mass is 9.79. The van der Waals surface area contributed by atoms with E-state index in [9.17, 15) is 5.21 Å². The smallest absolute Gasteiger partial charge is 0.174 e. The second kappa shape index (κ2) is 4.11. The van der Waals surface area contributed by atoms with E-state index in [-0.39, 0.29) is 16.9 Å². The molecule has 1 heterocycles. The van der Waals surface area contributed by atoms with Gasteiger partial charge < -0.3 is 5.21 Å². The summed E-state index contributed by atoms with van der Waals surface area (Å²) in [6.45, 7) is 10.5. The SMILES string of the molecule is CC(C)(C)C1=[N+]([O-])C(C)(C)C(c2ccccc2)C1. The third-order valence-electron chi connectivity index (χ3n) is 4.09. The van der Waals surface area contributed by atoms with Crippen LogP contribution >= 0.6 is 0 Å². The van der Waals surface area contributed by atoms with Crippen molar-refractivity contribution in [2.75, 3.05) is 0 Å². The van der Waals surface area contributed by atoms with Gasteiger partial charge in [-0.3, -0.25) is 0 Å². The Bertz CT molecular complexity index is 466. The number of hydrogen-bond acceptors (Lipinski definition) is 1. The van der Waals surface area contributed by atoms with E-state index in [0.717, 1.165) is 12.1 Å². The minimum Gasteiger partial charge on any atom is -0.623 e. The van der Waals surface area contributed by atoms with Gasteiger partial charge in [0.2, 0.25) is 0 Å². The van der Waals surface area contributed by atoms with E-state index in [2.05, 4.69) is 58.9 Å². The molecule has 2 rings (SSSR count). The summed E-state index contributed by atoms with van der Waals surface area (Å²) in [7, 11) is 0. The largest absolute Gasteiger partial charge is 0.623 e. The van der Waals surface area contributed by atoms with E-state index in [1.807, 2.05) is 6.07 Å². The van der Waals surface area contributed by atoms with Crippen molar-refractivity contribution in [2.24, 2.45) is 5.41 Å². The Labute approximate surface area is 110 Å². The van der Waals surface area contributed by atoms with Crippen molar-refractivity contribution >= 4 is 5.71 Å². The first-order chi connectivity index (χ1) is 8.24. The Morgan fingerprint density at radius 1 is 1.17 bits per heavy atom. The van der Waals surface area contributed by atoms with Crippen LogP contribution < -0.4 is 0 Å². The summed E-state index contributed by atoms with van der Waals surface area (Å²) in [5.41, 5.74) is 1.87. The fourth-order valence-electron chi connectivity index (χ4n) is 2.84. The Morgan fingerprint density at radius 2 is 1.72 bits per heavy atom. The molecule has 98 valence electrons. The number of rotatable bonds is 1. The Kier molecular flexibility index (Phi) is 3.00. The molecule has 0 radical (unpaired) electrons. The second-order valence-corrected chi connectivity index (χ2v) is 6.81. The van der Waals surface area contributed by atoms with Gasteiger partial charge in [-0.05, 0) is 5.56 Å². The van der Waals surface area contributed by atoms with E-state index in [4.69, 9.17) is 0 Å². The van der Waals surface area contributed by atoms with E-state index < -0.39 is 0 Å². The van der Waals surface area contributed by atoms with Crippen molar-refractivity contribution in [3.05, 3.63) is 41.1 Å².